The fourth-order valence-corrected chi connectivity index (χ4v) is 4.69. The summed E-state index contributed by atoms with van der Waals surface area (Å²) in [4.78, 5) is 22.3. The van der Waals surface area contributed by atoms with E-state index in [1.807, 2.05) is 37.1 Å². The minimum absolute atomic E-state index is 0.175. The molecule has 30 heavy (non-hydrogen) atoms. The van der Waals surface area contributed by atoms with Gasteiger partial charge in [0.25, 0.3) is 5.91 Å². The van der Waals surface area contributed by atoms with Crippen LogP contribution in [0.1, 0.15) is 27.4 Å². The zero-order valence-electron chi connectivity index (χ0n) is 17.1. The molecule has 0 atom stereocenters. The number of carbonyl (C=O) groups excluding carboxylic acids is 1. The summed E-state index contributed by atoms with van der Waals surface area (Å²) in [5.74, 6) is 0.234. The second-order valence-corrected chi connectivity index (χ2v) is 8.58. The summed E-state index contributed by atoms with van der Waals surface area (Å²) in [6.45, 7) is 4.91. The maximum Gasteiger partial charge on any atom is 0.268 e. The molecule has 0 fully saturated rings. The lowest BCUT2D eigenvalue weighted by molar-refractivity contribution is 0.0942. The van der Waals surface area contributed by atoms with E-state index in [0.717, 1.165) is 30.2 Å². The van der Waals surface area contributed by atoms with Crippen LogP contribution in [0.5, 0.6) is 5.88 Å². The topological polar surface area (TPSA) is 77.2 Å². The normalized spacial score (nSPS) is 13.9. The molecule has 0 aliphatic carbocycles. The average molecular weight is 447 g/mol. The van der Waals surface area contributed by atoms with Crippen molar-refractivity contribution >= 4 is 29.5 Å². The second kappa shape index (κ2) is 8.71. The van der Waals surface area contributed by atoms with Gasteiger partial charge >= 0.3 is 0 Å². The molecular weight excluding hydrogens is 424 g/mol. The number of aromatic nitrogens is 4. The van der Waals surface area contributed by atoms with Gasteiger partial charge in [0.15, 0.2) is 0 Å². The molecule has 0 spiro atoms. The highest BCUT2D eigenvalue weighted by Gasteiger charge is 2.22. The van der Waals surface area contributed by atoms with Gasteiger partial charge in [-0.1, -0.05) is 11.6 Å². The molecule has 10 heteroatoms. The van der Waals surface area contributed by atoms with Crippen LogP contribution in [0.25, 0.3) is 0 Å². The first-order chi connectivity index (χ1) is 14.5. The Hall–Kier alpha value is -2.49. The number of halogens is 1. The van der Waals surface area contributed by atoms with E-state index < -0.39 is 0 Å². The van der Waals surface area contributed by atoms with Crippen LogP contribution in [-0.4, -0.2) is 43.0 Å². The van der Waals surface area contributed by atoms with E-state index in [-0.39, 0.29) is 12.5 Å². The van der Waals surface area contributed by atoms with E-state index in [9.17, 15) is 4.79 Å². The number of nitrogens with one attached hydrogen (secondary N) is 1. The van der Waals surface area contributed by atoms with Crippen molar-refractivity contribution in [3.8, 4) is 5.88 Å². The molecule has 0 unspecified atom stereocenters. The Labute approximate surface area is 184 Å². The van der Waals surface area contributed by atoms with Crippen LogP contribution in [0, 0.1) is 6.92 Å². The highest BCUT2D eigenvalue weighted by Crippen LogP contribution is 2.31. The molecule has 158 valence electrons. The molecule has 0 saturated carbocycles. The van der Waals surface area contributed by atoms with Gasteiger partial charge in [-0.15, -0.1) is 0 Å². The van der Waals surface area contributed by atoms with Crippen LogP contribution in [0.2, 0.25) is 5.02 Å². The fraction of sp³-hybridized carbons (Fsp3) is 0.350. The van der Waals surface area contributed by atoms with Crippen LogP contribution in [0.3, 0.4) is 0 Å². The Morgan fingerprint density at radius 3 is 3.03 bits per heavy atom. The van der Waals surface area contributed by atoms with E-state index >= 15 is 0 Å². The van der Waals surface area contributed by atoms with E-state index in [1.54, 1.807) is 24.2 Å². The van der Waals surface area contributed by atoms with Crippen molar-refractivity contribution in [3.05, 3.63) is 58.5 Å². The number of ether oxygens (including phenoxy) is 1. The van der Waals surface area contributed by atoms with Gasteiger partial charge in [-0.2, -0.15) is 0 Å². The molecule has 1 aliphatic rings. The predicted octanol–water partition coefficient (Wildman–Crippen LogP) is 3.04. The first kappa shape index (κ1) is 20.8. The molecule has 1 aliphatic heterocycles. The molecule has 0 radical (unpaired) electrons. The van der Waals surface area contributed by atoms with Gasteiger partial charge in [0.05, 0.1) is 36.3 Å². The molecule has 0 aromatic carbocycles. The summed E-state index contributed by atoms with van der Waals surface area (Å²) in [5, 5.41) is 3.43. The second-order valence-electron chi connectivity index (χ2n) is 7.03. The van der Waals surface area contributed by atoms with Crippen molar-refractivity contribution in [1.82, 2.24) is 28.7 Å². The molecule has 3 aromatic rings. The molecular formula is C20H23ClN6O2S. The Morgan fingerprint density at radius 1 is 1.40 bits per heavy atom. The van der Waals surface area contributed by atoms with Gasteiger partial charge in [-0.05, 0) is 31.0 Å². The van der Waals surface area contributed by atoms with Crippen LogP contribution in [-0.2, 0) is 26.7 Å². The summed E-state index contributed by atoms with van der Waals surface area (Å²) in [6, 6.07) is 3.61. The summed E-state index contributed by atoms with van der Waals surface area (Å²) >= 11 is 7.92. The monoisotopic (exact) mass is 446 g/mol. The Balaban J connectivity index is 1.46. The van der Waals surface area contributed by atoms with Crippen molar-refractivity contribution in [3.63, 3.8) is 0 Å². The van der Waals surface area contributed by atoms with Crippen molar-refractivity contribution in [2.24, 2.45) is 7.05 Å². The minimum atomic E-state index is -0.175. The van der Waals surface area contributed by atoms with E-state index in [0.29, 0.717) is 22.2 Å². The summed E-state index contributed by atoms with van der Waals surface area (Å²) in [5.41, 5.74) is 3.49. The standard InChI is InChI=1S/C20H23ClN6O2S/c1-13-18(30-27-7-6-26-12-22-9-14(26)11-27)8-17(25(13)2)19(28)24-10-15-16(21)4-5-23-20(15)29-3/h4-5,8-9,12H,6-7,10-11H2,1-3H3,(H,24,28). The van der Waals surface area contributed by atoms with Crippen molar-refractivity contribution in [2.75, 3.05) is 13.7 Å². The Kier molecular flexibility index (Phi) is 6.03. The van der Waals surface area contributed by atoms with Crippen molar-refractivity contribution in [1.29, 1.82) is 0 Å². The first-order valence-corrected chi connectivity index (χ1v) is 10.7. The molecule has 3 aromatic heterocycles. The number of imidazole rings is 1. The lowest BCUT2D eigenvalue weighted by Gasteiger charge is -2.26. The molecule has 1 N–H and O–H groups in total. The van der Waals surface area contributed by atoms with Gasteiger partial charge in [0.2, 0.25) is 5.88 Å². The maximum atomic E-state index is 12.9. The fourth-order valence-electron chi connectivity index (χ4n) is 3.41. The maximum absolute atomic E-state index is 12.9. The van der Waals surface area contributed by atoms with Crippen LogP contribution in [0.15, 0.2) is 35.7 Å². The molecule has 1 amide bonds. The number of pyridine rings is 1. The average Bonchev–Trinajstić information content (AvgIpc) is 3.32. The van der Waals surface area contributed by atoms with Gasteiger partial charge in [0, 0.05) is 49.7 Å². The van der Waals surface area contributed by atoms with E-state index in [2.05, 4.69) is 24.2 Å². The third kappa shape index (κ3) is 4.05. The molecule has 8 nitrogen and oxygen atoms in total. The van der Waals surface area contributed by atoms with Gasteiger partial charge in [-0.3, -0.25) is 4.79 Å². The summed E-state index contributed by atoms with van der Waals surface area (Å²) < 4.78 is 11.6. The molecule has 0 saturated heterocycles. The number of nitrogens with zero attached hydrogens (tertiary/aromatic N) is 5. The van der Waals surface area contributed by atoms with Crippen LogP contribution in [0.4, 0.5) is 0 Å². The molecule has 0 bridgehead atoms. The third-order valence-corrected chi connectivity index (χ3v) is 6.79. The Morgan fingerprint density at radius 2 is 2.23 bits per heavy atom. The first-order valence-electron chi connectivity index (χ1n) is 9.51. The minimum Gasteiger partial charge on any atom is -0.481 e. The number of carbonyl (C=O) groups is 1. The Bertz CT molecular complexity index is 1080. The number of rotatable bonds is 6. The number of fused-ring (bicyclic) bond motifs is 1. The number of amides is 1. The summed E-state index contributed by atoms with van der Waals surface area (Å²) in [6.07, 6.45) is 5.35. The summed E-state index contributed by atoms with van der Waals surface area (Å²) in [7, 11) is 3.43. The predicted molar refractivity (Wildman–Crippen MR) is 116 cm³/mol. The lowest BCUT2D eigenvalue weighted by Crippen LogP contribution is -2.27. The highest BCUT2D eigenvalue weighted by atomic mass is 35.5. The number of methoxy groups -OCH3 is 1. The molecule has 4 rings (SSSR count). The highest BCUT2D eigenvalue weighted by molar-refractivity contribution is 7.97. The van der Waals surface area contributed by atoms with Crippen molar-refractivity contribution in [2.45, 2.75) is 31.5 Å². The smallest absolute Gasteiger partial charge is 0.268 e. The number of hydrogen-bond acceptors (Lipinski definition) is 6. The van der Waals surface area contributed by atoms with E-state index in [1.165, 1.54) is 12.8 Å². The van der Waals surface area contributed by atoms with Crippen LogP contribution < -0.4 is 10.1 Å². The van der Waals surface area contributed by atoms with Gasteiger partial charge < -0.3 is 19.2 Å². The van der Waals surface area contributed by atoms with Gasteiger partial charge in [0.1, 0.15) is 5.69 Å². The third-order valence-electron chi connectivity index (χ3n) is 5.25. The van der Waals surface area contributed by atoms with E-state index in [4.69, 9.17) is 16.3 Å². The van der Waals surface area contributed by atoms with Crippen LogP contribution >= 0.6 is 23.5 Å². The zero-order valence-corrected chi connectivity index (χ0v) is 18.6. The molecule has 4 heterocycles. The van der Waals surface area contributed by atoms with Crippen molar-refractivity contribution < 1.29 is 9.53 Å². The largest absolute Gasteiger partial charge is 0.481 e. The quantitative estimate of drug-likeness (QED) is 0.586. The SMILES string of the molecule is COc1nccc(Cl)c1CNC(=O)c1cc(SN2CCn3cncc3C2)c(C)n1C. The number of hydrogen-bond donors (Lipinski definition) is 1. The van der Waals surface area contributed by atoms with Gasteiger partial charge in [-0.25, -0.2) is 14.3 Å². The zero-order chi connectivity index (χ0) is 21.3. The lowest BCUT2D eigenvalue weighted by atomic mass is 10.2.